The van der Waals surface area contributed by atoms with Gasteiger partial charge in [-0.15, -0.1) is 13.2 Å². The number of nitrogens with zero attached hydrogens (tertiary/aromatic N) is 1. The van der Waals surface area contributed by atoms with Gasteiger partial charge in [0.05, 0.1) is 11.7 Å². The maximum Gasteiger partial charge on any atom is 0.522 e. The third kappa shape index (κ3) is 6.47. The number of carbonyl (C=O) groups is 5. The molecule has 206 valence electrons. The summed E-state index contributed by atoms with van der Waals surface area (Å²) in [6.45, 7) is -0.970. The SMILES string of the molecule is O=C(Nc1ccccc1F)C(=O)N1CC2(CC2)C[C@@H]1C(=O)NC(C[C@@H]1CCNC1=O)C(=O)COC(F)(F)F. The normalized spacial score (nSPS) is 22.6. The monoisotopic (exact) mass is 542 g/mol. The number of para-hydroxylation sites is 1. The standard InChI is InChI=1S/C24H26F4N4O6/c25-14-3-1-2-4-15(14)30-21(36)22(37)32-12-23(6-7-23)10-17(32)20(35)31-16(9-13-5-8-29-19(13)34)18(33)11-38-24(26,27)28/h1-4,13,16-17H,5-12H2,(H,29,34)(H,30,36)(H,31,35)/t13-,16?,17+/m0/s1. The second kappa shape index (κ2) is 10.7. The summed E-state index contributed by atoms with van der Waals surface area (Å²) in [7, 11) is 0. The first-order valence-corrected chi connectivity index (χ1v) is 12.1. The molecule has 0 radical (unpaired) electrons. The van der Waals surface area contributed by atoms with E-state index < -0.39 is 66.2 Å². The van der Waals surface area contributed by atoms with Gasteiger partial charge in [0.2, 0.25) is 11.8 Å². The van der Waals surface area contributed by atoms with Crippen molar-refractivity contribution in [2.45, 2.75) is 50.6 Å². The second-order valence-electron chi connectivity index (χ2n) is 9.86. The number of hydrogen-bond donors (Lipinski definition) is 3. The lowest BCUT2D eigenvalue weighted by atomic mass is 9.95. The number of ether oxygens (including phenoxy) is 1. The molecule has 1 spiro atoms. The van der Waals surface area contributed by atoms with E-state index >= 15 is 0 Å². The number of Topliss-reactive ketones (excluding diaryl/α,β-unsaturated/α-hetero) is 1. The predicted molar refractivity (Wildman–Crippen MR) is 121 cm³/mol. The molecule has 1 unspecified atom stereocenters. The number of rotatable bonds is 8. The van der Waals surface area contributed by atoms with E-state index in [0.29, 0.717) is 25.8 Å². The number of nitrogens with one attached hydrogen (secondary N) is 3. The first kappa shape index (κ1) is 27.5. The molecule has 0 aromatic heterocycles. The largest absolute Gasteiger partial charge is 0.522 e. The van der Waals surface area contributed by atoms with Gasteiger partial charge in [-0.3, -0.25) is 28.7 Å². The Kier molecular flexibility index (Phi) is 7.72. The van der Waals surface area contributed by atoms with Crippen LogP contribution in [0.25, 0.3) is 0 Å². The molecule has 10 nitrogen and oxygen atoms in total. The van der Waals surface area contributed by atoms with Gasteiger partial charge in [-0.1, -0.05) is 12.1 Å². The lowest BCUT2D eigenvalue weighted by Gasteiger charge is -2.26. The van der Waals surface area contributed by atoms with E-state index in [1.54, 1.807) is 0 Å². The van der Waals surface area contributed by atoms with Crippen molar-refractivity contribution in [1.82, 2.24) is 15.5 Å². The van der Waals surface area contributed by atoms with Gasteiger partial charge >= 0.3 is 18.2 Å². The molecule has 38 heavy (non-hydrogen) atoms. The molecule has 3 aliphatic rings. The Hall–Kier alpha value is -3.55. The Balaban J connectivity index is 1.48. The van der Waals surface area contributed by atoms with Crippen molar-refractivity contribution in [2.24, 2.45) is 11.3 Å². The maximum atomic E-state index is 13.9. The highest BCUT2D eigenvalue weighted by Crippen LogP contribution is 2.54. The van der Waals surface area contributed by atoms with E-state index in [2.05, 4.69) is 20.7 Å². The van der Waals surface area contributed by atoms with Gasteiger partial charge in [-0.05, 0) is 49.7 Å². The Morgan fingerprint density at radius 2 is 1.89 bits per heavy atom. The van der Waals surface area contributed by atoms with Crippen molar-refractivity contribution < 1.29 is 46.3 Å². The molecule has 3 N–H and O–H groups in total. The van der Waals surface area contributed by atoms with Crippen LogP contribution in [-0.2, 0) is 28.7 Å². The number of hydrogen-bond acceptors (Lipinski definition) is 6. The van der Waals surface area contributed by atoms with Crippen molar-refractivity contribution in [3.05, 3.63) is 30.1 Å². The van der Waals surface area contributed by atoms with Gasteiger partial charge in [0.25, 0.3) is 0 Å². The number of anilines is 1. The van der Waals surface area contributed by atoms with Gasteiger partial charge in [0.1, 0.15) is 18.5 Å². The topological polar surface area (TPSA) is 134 Å². The zero-order chi connectivity index (χ0) is 27.7. The summed E-state index contributed by atoms with van der Waals surface area (Å²) in [4.78, 5) is 64.5. The van der Waals surface area contributed by atoms with Gasteiger partial charge < -0.3 is 20.9 Å². The summed E-state index contributed by atoms with van der Waals surface area (Å²) >= 11 is 0. The van der Waals surface area contributed by atoms with Gasteiger partial charge in [-0.25, -0.2) is 4.39 Å². The summed E-state index contributed by atoms with van der Waals surface area (Å²) in [6.07, 6.45) is -3.43. The lowest BCUT2D eigenvalue weighted by molar-refractivity contribution is -0.321. The fourth-order valence-corrected chi connectivity index (χ4v) is 4.86. The Labute approximate surface area is 214 Å². The van der Waals surface area contributed by atoms with Crippen LogP contribution >= 0.6 is 0 Å². The van der Waals surface area contributed by atoms with E-state index in [-0.39, 0.29) is 30.5 Å². The highest BCUT2D eigenvalue weighted by Gasteiger charge is 2.56. The summed E-state index contributed by atoms with van der Waals surface area (Å²) in [5.74, 6) is -6.06. The Morgan fingerprint density at radius 1 is 1.18 bits per heavy atom. The van der Waals surface area contributed by atoms with Crippen LogP contribution in [0.15, 0.2) is 24.3 Å². The van der Waals surface area contributed by atoms with Crippen molar-refractivity contribution in [3.63, 3.8) is 0 Å². The number of likely N-dealkylation sites (tertiary alicyclic amines) is 1. The van der Waals surface area contributed by atoms with Crippen LogP contribution in [0.1, 0.15) is 32.1 Å². The number of amides is 4. The van der Waals surface area contributed by atoms with Crippen molar-refractivity contribution in [2.75, 3.05) is 25.0 Å². The molecule has 4 rings (SSSR count). The minimum atomic E-state index is -5.08. The molecule has 2 aliphatic heterocycles. The van der Waals surface area contributed by atoms with Crippen LogP contribution in [0.2, 0.25) is 0 Å². The first-order chi connectivity index (χ1) is 17.9. The van der Waals surface area contributed by atoms with Crippen LogP contribution in [0.4, 0.5) is 23.2 Å². The molecule has 14 heteroatoms. The lowest BCUT2D eigenvalue weighted by Crippen LogP contribution is -2.53. The van der Waals surface area contributed by atoms with Crippen LogP contribution in [-0.4, -0.2) is 72.5 Å². The number of carbonyl (C=O) groups excluding carboxylic acids is 5. The first-order valence-electron chi connectivity index (χ1n) is 12.1. The van der Waals surface area contributed by atoms with Crippen molar-refractivity contribution in [1.29, 1.82) is 0 Å². The number of benzene rings is 1. The highest BCUT2D eigenvalue weighted by molar-refractivity contribution is 6.40. The minimum absolute atomic E-state index is 0.0788. The number of halogens is 4. The van der Waals surface area contributed by atoms with Crippen LogP contribution < -0.4 is 16.0 Å². The van der Waals surface area contributed by atoms with Gasteiger partial charge in [-0.2, -0.15) is 0 Å². The zero-order valence-electron chi connectivity index (χ0n) is 20.1. The van der Waals surface area contributed by atoms with E-state index in [1.807, 2.05) is 0 Å². The molecule has 1 aromatic carbocycles. The smallest absolute Gasteiger partial charge is 0.356 e. The third-order valence-electron chi connectivity index (χ3n) is 7.11. The van der Waals surface area contributed by atoms with E-state index in [9.17, 15) is 41.5 Å². The van der Waals surface area contributed by atoms with E-state index in [0.717, 1.165) is 11.0 Å². The minimum Gasteiger partial charge on any atom is -0.356 e. The van der Waals surface area contributed by atoms with E-state index in [1.165, 1.54) is 18.2 Å². The van der Waals surface area contributed by atoms with Crippen molar-refractivity contribution >= 4 is 35.1 Å². The fraction of sp³-hybridized carbons (Fsp3) is 0.542. The predicted octanol–water partition coefficient (Wildman–Crippen LogP) is 1.26. The molecule has 4 amide bonds. The summed E-state index contributed by atoms with van der Waals surface area (Å²) in [5, 5.41) is 7.13. The summed E-state index contributed by atoms with van der Waals surface area (Å²) < 4.78 is 55.1. The quantitative estimate of drug-likeness (QED) is 0.335. The second-order valence-corrected chi connectivity index (χ2v) is 9.86. The van der Waals surface area contributed by atoms with Crippen LogP contribution in [0.3, 0.4) is 0 Å². The molecular weight excluding hydrogens is 516 g/mol. The number of alkyl halides is 3. The number of ketones is 1. The average molecular weight is 542 g/mol. The molecule has 1 aliphatic carbocycles. The molecule has 3 atom stereocenters. The molecule has 1 aromatic rings. The molecule has 1 saturated carbocycles. The van der Waals surface area contributed by atoms with Gasteiger partial charge in [0.15, 0.2) is 5.78 Å². The van der Waals surface area contributed by atoms with Crippen LogP contribution in [0, 0.1) is 17.2 Å². The average Bonchev–Trinajstić information content (AvgIpc) is 3.32. The van der Waals surface area contributed by atoms with Crippen molar-refractivity contribution in [3.8, 4) is 0 Å². The summed E-state index contributed by atoms with van der Waals surface area (Å²) in [6, 6.07) is 2.53. The molecule has 2 heterocycles. The Morgan fingerprint density at radius 3 is 2.50 bits per heavy atom. The van der Waals surface area contributed by atoms with Gasteiger partial charge in [0, 0.05) is 19.0 Å². The van der Waals surface area contributed by atoms with E-state index in [4.69, 9.17) is 0 Å². The molecule has 3 fully saturated rings. The summed E-state index contributed by atoms with van der Waals surface area (Å²) in [5.41, 5.74) is -0.613. The fourth-order valence-electron chi connectivity index (χ4n) is 4.86. The van der Waals surface area contributed by atoms with Crippen LogP contribution in [0.5, 0.6) is 0 Å². The third-order valence-corrected chi connectivity index (χ3v) is 7.11. The zero-order valence-corrected chi connectivity index (χ0v) is 20.1. The maximum absolute atomic E-state index is 13.9. The highest BCUT2D eigenvalue weighted by atomic mass is 19.4. The molecule has 0 bridgehead atoms. The molecular formula is C24H26F4N4O6. The Bertz CT molecular complexity index is 1140. The molecule has 2 saturated heterocycles.